The summed E-state index contributed by atoms with van der Waals surface area (Å²) in [7, 11) is 0. The van der Waals surface area contributed by atoms with E-state index in [0.717, 1.165) is 6.92 Å². The summed E-state index contributed by atoms with van der Waals surface area (Å²) in [6.45, 7) is 3.38. The third-order valence-electron chi connectivity index (χ3n) is 3.39. The molecule has 0 unspecified atom stereocenters. The number of hydrogen-bond donors (Lipinski definition) is 1. The summed E-state index contributed by atoms with van der Waals surface area (Å²) in [6.07, 6.45) is 8.90. The largest absolute Gasteiger partial charge is 0.481 e. The van der Waals surface area contributed by atoms with Crippen LogP contribution in [0.1, 0.15) is 19.4 Å². The number of rotatable bonds is 1. The van der Waals surface area contributed by atoms with Gasteiger partial charge in [-0.3, -0.25) is 4.79 Å². The van der Waals surface area contributed by atoms with Crippen molar-refractivity contribution in [3.8, 4) is 0 Å². The van der Waals surface area contributed by atoms with Crippen LogP contribution in [0.25, 0.3) is 0 Å². The van der Waals surface area contributed by atoms with Gasteiger partial charge < -0.3 is 5.11 Å². The van der Waals surface area contributed by atoms with E-state index in [9.17, 15) is 0 Å². The Kier molecular flexibility index (Phi) is 3.19. The maximum atomic E-state index is 9.00. The average molecular weight is 240 g/mol. The second-order valence-corrected chi connectivity index (χ2v) is 4.59. The molecule has 0 aliphatic heterocycles. The Morgan fingerprint density at radius 1 is 1.06 bits per heavy atom. The first-order valence-corrected chi connectivity index (χ1v) is 5.91. The highest BCUT2D eigenvalue weighted by molar-refractivity contribution is 5.65. The van der Waals surface area contributed by atoms with Gasteiger partial charge in [0.2, 0.25) is 0 Å². The van der Waals surface area contributed by atoms with Gasteiger partial charge in [0.1, 0.15) is 0 Å². The standard InChI is InChI=1S/C14H12.C2H4O2/c1-14(11-5-3-2-4-6-11)12-7-8-13(14)10-9-12;1-2(3)4/h2-10H,1H3;1H3,(H,3,4). The summed E-state index contributed by atoms with van der Waals surface area (Å²) in [4.78, 5) is 9.00. The molecule has 2 bridgehead atoms. The smallest absolute Gasteiger partial charge is 0.300 e. The molecular formula is C16H16O2. The summed E-state index contributed by atoms with van der Waals surface area (Å²) in [6, 6.07) is 10.7. The Morgan fingerprint density at radius 3 is 1.89 bits per heavy atom. The zero-order valence-electron chi connectivity index (χ0n) is 10.6. The summed E-state index contributed by atoms with van der Waals surface area (Å²) in [5, 5.41) is 7.42. The molecule has 0 saturated carbocycles. The van der Waals surface area contributed by atoms with Crippen molar-refractivity contribution in [3.05, 3.63) is 71.3 Å². The van der Waals surface area contributed by atoms with Crippen LogP contribution in [0.15, 0.2) is 65.8 Å². The molecule has 1 N–H and O–H groups in total. The first kappa shape index (κ1) is 12.4. The molecule has 2 nitrogen and oxygen atoms in total. The van der Waals surface area contributed by atoms with Crippen molar-refractivity contribution in [1.29, 1.82) is 0 Å². The lowest BCUT2D eigenvalue weighted by molar-refractivity contribution is -0.134. The van der Waals surface area contributed by atoms with Gasteiger partial charge in [-0.1, -0.05) is 54.6 Å². The van der Waals surface area contributed by atoms with E-state index >= 15 is 0 Å². The molecule has 0 heterocycles. The lowest BCUT2D eigenvalue weighted by Crippen LogP contribution is -2.19. The number of aliphatic carboxylic acids is 1. The molecule has 2 aliphatic carbocycles. The van der Waals surface area contributed by atoms with Gasteiger partial charge in [-0.2, -0.15) is 0 Å². The van der Waals surface area contributed by atoms with Crippen LogP contribution in [0.3, 0.4) is 0 Å². The predicted molar refractivity (Wildman–Crippen MR) is 72.4 cm³/mol. The molecular weight excluding hydrogens is 224 g/mol. The number of carboxylic acids is 1. The molecule has 1 aromatic rings. The fraction of sp³-hybridized carbons (Fsp3) is 0.188. The Hall–Kier alpha value is -2.09. The van der Waals surface area contributed by atoms with E-state index in [2.05, 4.69) is 61.6 Å². The van der Waals surface area contributed by atoms with Gasteiger partial charge in [-0.25, -0.2) is 0 Å². The van der Waals surface area contributed by atoms with Crippen molar-refractivity contribution in [2.75, 3.05) is 0 Å². The molecule has 1 aromatic carbocycles. The molecule has 2 aliphatic rings. The van der Waals surface area contributed by atoms with Crippen molar-refractivity contribution >= 4 is 5.97 Å². The van der Waals surface area contributed by atoms with Crippen molar-refractivity contribution in [3.63, 3.8) is 0 Å². The minimum absolute atomic E-state index is 0.126. The van der Waals surface area contributed by atoms with Gasteiger partial charge >= 0.3 is 0 Å². The minimum atomic E-state index is -0.833. The lowest BCUT2D eigenvalue weighted by Gasteiger charge is -2.25. The molecule has 2 heteroatoms. The molecule has 0 atom stereocenters. The normalized spacial score (nSPS) is 17.7. The molecule has 18 heavy (non-hydrogen) atoms. The highest BCUT2D eigenvalue weighted by Gasteiger charge is 2.38. The zero-order valence-corrected chi connectivity index (χ0v) is 10.6. The summed E-state index contributed by atoms with van der Waals surface area (Å²) in [5.41, 5.74) is 4.35. The van der Waals surface area contributed by atoms with Crippen LogP contribution in [0.2, 0.25) is 0 Å². The van der Waals surface area contributed by atoms with Gasteiger partial charge in [0.15, 0.2) is 0 Å². The third kappa shape index (κ3) is 2.02. The average Bonchev–Trinajstić information content (AvgIpc) is 2.85. The van der Waals surface area contributed by atoms with Gasteiger partial charge in [-0.15, -0.1) is 0 Å². The molecule has 0 spiro atoms. The predicted octanol–water partition coefficient (Wildman–Crippen LogP) is 3.47. The SMILES string of the molecule is CC(=O)O.CC1(c2ccccc2)C2=CC=C1C=C2. The maximum absolute atomic E-state index is 9.00. The van der Waals surface area contributed by atoms with E-state index in [1.54, 1.807) is 0 Å². The Labute approximate surface area is 107 Å². The van der Waals surface area contributed by atoms with E-state index in [1.165, 1.54) is 16.7 Å². The topological polar surface area (TPSA) is 37.3 Å². The van der Waals surface area contributed by atoms with E-state index in [-0.39, 0.29) is 5.41 Å². The van der Waals surface area contributed by atoms with Gasteiger partial charge in [0, 0.05) is 12.3 Å². The van der Waals surface area contributed by atoms with Crippen molar-refractivity contribution in [2.45, 2.75) is 19.3 Å². The van der Waals surface area contributed by atoms with Gasteiger partial charge in [0.25, 0.3) is 5.97 Å². The van der Waals surface area contributed by atoms with Crippen LogP contribution in [-0.2, 0) is 10.2 Å². The van der Waals surface area contributed by atoms with Gasteiger partial charge in [0.05, 0.1) is 0 Å². The number of benzene rings is 1. The first-order valence-electron chi connectivity index (χ1n) is 5.91. The molecule has 0 amide bonds. The number of carbonyl (C=O) groups is 1. The van der Waals surface area contributed by atoms with Crippen LogP contribution in [-0.4, -0.2) is 11.1 Å². The number of fused-ring (bicyclic) bond motifs is 2. The molecule has 0 saturated heterocycles. The number of carboxylic acid groups (broad SMARTS) is 1. The quantitative estimate of drug-likeness (QED) is 0.816. The highest BCUT2D eigenvalue weighted by Crippen LogP contribution is 2.48. The Balaban J connectivity index is 0.000000267. The van der Waals surface area contributed by atoms with Crippen molar-refractivity contribution in [1.82, 2.24) is 0 Å². The number of allylic oxidation sites excluding steroid dienone is 6. The number of hydrogen-bond acceptors (Lipinski definition) is 1. The Bertz CT molecular complexity index is 522. The van der Waals surface area contributed by atoms with Crippen molar-refractivity contribution < 1.29 is 9.90 Å². The molecule has 3 rings (SSSR count). The molecule has 0 radical (unpaired) electrons. The lowest BCUT2D eigenvalue weighted by atomic mass is 9.77. The second kappa shape index (κ2) is 4.65. The maximum Gasteiger partial charge on any atom is 0.300 e. The molecule has 0 fully saturated rings. The third-order valence-corrected chi connectivity index (χ3v) is 3.39. The second-order valence-electron chi connectivity index (χ2n) is 4.59. The summed E-state index contributed by atoms with van der Waals surface area (Å²) >= 11 is 0. The highest BCUT2D eigenvalue weighted by atomic mass is 16.4. The van der Waals surface area contributed by atoms with Crippen LogP contribution in [0.5, 0.6) is 0 Å². The Morgan fingerprint density at radius 2 is 1.50 bits per heavy atom. The van der Waals surface area contributed by atoms with Crippen LogP contribution >= 0.6 is 0 Å². The molecule has 92 valence electrons. The fourth-order valence-electron chi connectivity index (χ4n) is 2.41. The van der Waals surface area contributed by atoms with Gasteiger partial charge in [-0.05, 0) is 23.6 Å². The first-order chi connectivity index (χ1) is 8.55. The van der Waals surface area contributed by atoms with Crippen molar-refractivity contribution in [2.24, 2.45) is 0 Å². The zero-order chi connectivity index (χ0) is 13.2. The van der Waals surface area contributed by atoms with E-state index in [0.29, 0.717) is 0 Å². The van der Waals surface area contributed by atoms with Crippen LogP contribution in [0, 0.1) is 0 Å². The minimum Gasteiger partial charge on any atom is -0.481 e. The summed E-state index contributed by atoms with van der Waals surface area (Å²) < 4.78 is 0. The van der Waals surface area contributed by atoms with Crippen LogP contribution in [0.4, 0.5) is 0 Å². The monoisotopic (exact) mass is 240 g/mol. The van der Waals surface area contributed by atoms with E-state index in [1.807, 2.05) is 0 Å². The molecule has 0 aromatic heterocycles. The summed E-state index contributed by atoms with van der Waals surface area (Å²) in [5.74, 6) is -0.833. The van der Waals surface area contributed by atoms with E-state index < -0.39 is 5.97 Å². The fourth-order valence-corrected chi connectivity index (χ4v) is 2.41. The van der Waals surface area contributed by atoms with Crippen LogP contribution < -0.4 is 0 Å². The van der Waals surface area contributed by atoms with E-state index in [4.69, 9.17) is 9.90 Å².